The highest BCUT2D eigenvalue weighted by molar-refractivity contribution is 5.98. The van der Waals surface area contributed by atoms with E-state index in [1.165, 1.54) is 6.42 Å². The number of hydrogen-bond donors (Lipinski definition) is 2. The van der Waals surface area contributed by atoms with E-state index in [1.807, 2.05) is 30.0 Å². The summed E-state index contributed by atoms with van der Waals surface area (Å²) in [5.74, 6) is 0.531. The van der Waals surface area contributed by atoms with E-state index in [2.05, 4.69) is 16.7 Å². The van der Waals surface area contributed by atoms with Crippen LogP contribution in [0.4, 0.5) is 0 Å². The molecule has 1 unspecified atom stereocenters. The van der Waals surface area contributed by atoms with Crippen molar-refractivity contribution in [3.63, 3.8) is 0 Å². The monoisotopic (exact) mass is 473 g/mol. The summed E-state index contributed by atoms with van der Waals surface area (Å²) in [4.78, 5) is 40.4. The molecule has 1 aliphatic carbocycles. The minimum absolute atomic E-state index is 0. The van der Waals surface area contributed by atoms with Crippen LogP contribution in [-0.4, -0.2) is 67.4 Å². The first-order valence-corrected chi connectivity index (χ1v) is 13.1. The van der Waals surface area contributed by atoms with Gasteiger partial charge in [-0.15, -0.1) is 0 Å². The Morgan fingerprint density at radius 1 is 1.12 bits per heavy atom. The largest absolute Gasteiger partial charge is 0.378 e. The second-order valence-corrected chi connectivity index (χ2v) is 10.1. The van der Waals surface area contributed by atoms with Gasteiger partial charge in [-0.3, -0.25) is 14.4 Å². The summed E-state index contributed by atoms with van der Waals surface area (Å²) in [5.41, 5.74) is 1.68. The summed E-state index contributed by atoms with van der Waals surface area (Å²) in [6.07, 6.45) is 7.87. The second-order valence-electron chi connectivity index (χ2n) is 10.1. The third-order valence-electron chi connectivity index (χ3n) is 7.68. The minimum Gasteiger partial charge on any atom is -0.378 e. The molecule has 0 radical (unpaired) electrons. The van der Waals surface area contributed by atoms with Crippen LogP contribution in [0.3, 0.4) is 0 Å². The number of nitrogens with one attached hydrogen (secondary N) is 2. The van der Waals surface area contributed by atoms with Gasteiger partial charge in [-0.05, 0) is 49.3 Å². The number of hydrogen-bond acceptors (Lipinski definition) is 5. The smallest absolute Gasteiger partial charge is 0.251 e. The minimum atomic E-state index is -0.391. The highest BCUT2D eigenvalue weighted by atomic mass is 16.5. The lowest BCUT2D eigenvalue weighted by atomic mass is 9.81. The molecule has 2 N–H and O–H groups in total. The van der Waals surface area contributed by atoms with Crippen molar-refractivity contribution in [2.24, 2.45) is 5.92 Å². The fourth-order valence-corrected chi connectivity index (χ4v) is 5.48. The lowest BCUT2D eigenvalue weighted by molar-refractivity contribution is -0.132. The van der Waals surface area contributed by atoms with E-state index < -0.39 is 6.04 Å². The van der Waals surface area contributed by atoms with Gasteiger partial charge in [0.2, 0.25) is 5.91 Å². The molecule has 3 fully saturated rings. The maximum atomic E-state index is 13.2. The molecule has 190 valence electrons. The molecular formula is C27H43N3O4. The highest BCUT2D eigenvalue weighted by Crippen LogP contribution is 2.29. The molecular weight excluding hydrogens is 430 g/mol. The Morgan fingerprint density at radius 3 is 2.62 bits per heavy atom. The standard InChI is InChI=1S/C27H39N3O4.2H2/c1-2-24(31)26(19-8-4-3-5-9-19)29-27(33)21-11-6-10-20(14-21)22-12-7-13-30(16-22)25(32)15-28-23-17-34-18-23;;/h6,10-11,14,19,22-23,26,28H,2-5,7-9,12-13,15-18H2,1H3,(H,29,33);2*1H/t22?,26-;;/m1../s1. The summed E-state index contributed by atoms with van der Waals surface area (Å²) in [7, 11) is 0. The normalized spacial score (nSPS) is 22.6. The molecule has 7 nitrogen and oxygen atoms in total. The maximum absolute atomic E-state index is 13.2. The summed E-state index contributed by atoms with van der Waals surface area (Å²) >= 11 is 0. The molecule has 7 heteroatoms. The van der Waals surface area contributed by atoms with Gasteiger partial charge in [-0.25, -0.2) is 0 Å². The predicted octanol–water partition coefficient (Wildman–Crippen LogP) is 3.53. The lowest BCUT2D eigenvalue weighted by Gasteiger charge is -2.34. The van der Waals surface area contributed by atoms with Crippen LogP contribution in [-0.2, 0) is 14.3 Å². The topological polar surface area (TPSA) is 87.7 Å². The van der Waals surface area contributed by atoms with Crippen molar-refractivity contribution in [2.45, 2.75) is 76.3 Å². The fraction of sp³-hybridized carbons (Fsp3) is 0.667. The molecule has 2 atom stereocenters. The van der Waals surface area contributed by atoms with Crippen molar-refractivity contribution < 1.29 is 22.0 Å². The molecule has 0 aromatic heterocycles. The first kappa shape index (κ1) is 24.9. The number of carbonyl (C=O) groups excluding carboxylic acids is 3. The Labute approximate surface area is 206 Å². The lowest BCUT2D eigenvalue weighted by Crippen LogP contribution is -2.51. The molecule has 0 spiro atoms. The van der Waals surface area contributed by atoms with Crippen LogP contribution in [0.1, 0.15) is 83.0 Å². The number of carbonyl (C=O) groups is 3. The maximum Gasteiger partial charge on any atom is 0.251 e. The first-order valence-electron chi connectivity index (χ1n) is 13.1. The van der Waals surface area contributed by atoms with Gasteiger partial charge in [0.1, 0.15) is 0 Å². The molecule has 0 bridgehead atoms. The Bertz CT molecular complexity index is 874. The van der Waals surface area contributed by atoms with E-state index >= 15 is 0 Å². The quantitative estimate of drug-likeness (QED) is 0.573. The number of Topliss-reactive ketones (excluding diaryl/α,β-unsaturated/α-hetero) is 1. The van der Waals surface area contributed by atoms with Gasteiger partial charge in [-0.1, -0.05) is 38.3 Å². The molecule has 34 heavy (non-hydrogen) atoms. The van der Waals surface area contributed by atoms with E-state index in [1.54, 1.807) is 0 Å². The van der Waals surface area contributed by atoms with Crippen molar-refractivity contribution in [3.05, 3.63) is 35.4 Å². The van der Waals surface area contributed by atoms with Gasteiger partial charge >= 0.3 is 0 Å². The molecule has 2 saturated heterocycles. The summed E-state index contributed by atoms with van der Waals surface area (Å²) in [6, 6.07) is 7.64. The van der Waals surface area contributed by atoms with Crippen molar-refractivity contribution in [1.29, 1.82) is 0 Å². The van der Waals surface area contributed by atoms with Gasteiger partial charge in [0, 0.05) is 33.8 Å². The molecule has 1 aromatic carbocycles. The number of nitrogens with zero attached hydrogens (tertiary/aromatic N) is 1. The number of likely N-dealkylation sites (tertiary alicyclic amines) is 1. The third kappa shape index (κ3) is 6.25. The average molecular weight is 474 g/mol. The van der Waals surface area contributed by atoms with Crippen LogP contribution in [0.2, 0.25) is 0 Å². The molecule has 1 saturated carbocycles. The van der Waals surface area contributed by atoms with Gasteiger partial charge in [0.05, 0.1) is 31.8 Å². The predicted molar refractivity (Wildman–Crippen MR) is 135 cm³/mol. The van der Waals surface area contributed by atoms with E-state index in [0.29, 0.717) is 38.3 Å². The molecule has 2 heterocycles. The molecule has 1 aromatic rings. The van der Waals surface area contributed by atoms with Crippen molar-refractivity contribution in [1.82, 2.24) is 15.5 Å². The van der Waals surface area contributed by atoms with Crippen LogP contribution in [0.5, 0.6) is 0 Å². The number of benzene rings is 1. The molecule has 2 amide bonds. The Hall–Kier alpha value is -2.25. The zero-order valence-electron chi connectivity index (χ0n) is 20.4. The van der Waals surface area contributed by atoms with Crippen LogP contribution in [0.25, 0.3) is 0 Å². The van der Waals surface area contributed by atoms with Crippen molar-refractivity contribution >= 4 is 17.6 Å². The van der Waals surface area contributed by atoms with E-state index in [0.717, 1.165) is 50.6 Å². The van der Waals surface area contributed by atoms with Gasteiger partial charge in [0.15, 0.2) is 5.78 Å². The van der Waals surface area contributed by atoms with Gasteiger partial charge in [0.25, 0.3) is 5.91 Å². The van der Waals surface area contributed by atoms with Gasteiger partial charge < -0.3 is 20.3 Å². The Balaban J connectivity index is 0.00000228. The molecule has 4 rings (SSSR count). The number of piperidine rings is 1. The number of rotatable bonds is 9. The van der Waals surface area contributed by atoms with Crippen LogP contribution in [0, 0.1) is 5.92 Å². The van der Waals surface area contributed by atoms with Crippen molar-refractivity contribution in [2.75, 3.05) is 32.8 Å². The number of ether oxygens (including phenoxy) is 1. The third-order valence-corrected chi connectivity index (χ3v) is 7.68. The number of ketones is 1. The Morgan fingerprint density at radius 2 is 1.91 bits per heavy atom. The van der Waals surface area contributed by atoms with E-state index in [-0.39, 0.29) is 38.3 Å². The Kier molecular flexibility index (Phi) is 8.73. The van der Waals surface area contributed by atoms with Crippen LogP contribution in [0.15, 0.2) is 24.3 Å². The summed E-state index contributed by atoms with van der Waals surface area (Å²) in [5, 5.41) is 6.33. The zero-order chi connectivity index (χ0) is 23.9. The number of amides is 2. The van der Waals surface area contributed by atoms with Gasteiger partial charge in [-0.2, -0.15) is 0 Å². The highest BCUT2D eigenvalue weighted by Gasteiger charge is 2.31. The fourth-order valence-electron chi connectivity index (χ4n) is 5.48. The molecule has 3 aliphatic rings. The second kappa shape index (κ2) is 11.9. The van der Waals surface area contributed by atoms with E-state index in [9.17, 15) is 14.4 Å². The van der Waals surface area contributed by atoms with Crippen LogP contribution < -0.4 is 10.6 Å². The average Bonchev–Trinajstić information content (AvgIpc) is 2.86. The zero-order valence-corrected chi connectivity index (χ0v) is 20.4. The first-order chi connectivity index (χ1) is 16.5. The summed E-state index contributed by atoms with van der Waals surface area (Å²) < 4.78 is 5.16. The SMILES string of the molecule is CCC(=O)[C@H](NC(=O)c1cccc(C2CCCN(C(=O)CNC3COC3)C2)c1)C1CCCCC1.[HH].[HH]. The van der Waals surface area contributed by atoms with Crippen molar-refractivity contribution in [3.8, 4) is 0 Å². The molecule has 2 aliphatic heterocycles. The van der Waals surface area contributed by atoms with Crippen LogP contribution >= 0.6 is 0 Å². The van der Waals surface area contributed by atoms with E-state index in [4.69, 9.17) is 4.74 Å². The summed E-state index contributed by atoms with van der Waals surface area (Å²) in [6.45, 7) is 5.02.